The molecule has 24 heavy (non-hydrogen) atoms. The van der Waals surface area contributed by atoms with E-state index in [-0.39, 0.29) is 17.1 Å². The van der Waals surface area contributed by atoms with Crippen LogP contribution in [-0.2, 0) is 4.74 Å². The summed E-state index contributed by atoms with van der Waals surface area (Å²) in [6.45, 7) is 0.125. The summed E-state index contributed by atoms with van der Waals surface area (Å²) in [4.78, 5) is 12.2. The molecule has 0 aliphatic rings. The molecular weight excluding hydrogens is 333 g/mol. The molecule has 0 bridgehead atoms. The summed E-state index contributed by atoms with van der Waals surface area (Å²) in [5.74, 6) is -0.687. The molecule has 0 aliphatic carbocycles. The third-order valence-electron chi connectivity index (χ3n) is 3.68. The van der Waals surface area contributed by atoms with E-state index in [1.54, 1.807) is 0 Å². The molecule has 1 N–H and O–H groups in total. The van der Waals surface area contributed by atoms with Crippen molar-refractivity contribution < 1.29 is 18.3 Å². The maximum absolute atomic E-state index is 13.8. The van der Waals surface area contributed by atoms with Gasteiger partial charge in [0.25, 0.3) is 5.91 Å². The largest absolute Gasteiger partial charge is 0.458 e. The fraction of sp³-hybridized carbons (Fsp3) is 0.167. The minimum Gasteiger partial charge on any atom is -0.458 e. The van der Waals surface area contributed by atoms with Gasteiger partial charge in [-0.05, 0) is 24.3 Å². The van der Waals surface area contributed by atoms with Gasteiger partial charge in [0.15, 0.2) is 0 Å². The van der Waals surface area contributed by atoms with E-state index < -0.39 is 17.8 Å². The summed E-state index contributed by atoms with van der Waals surface area (Å²) in [6, 6.07) is 13.5. The quantitative estimate of drug-likeness (QED) is 0.746. The maximum Gasteiger partial charge on any atom is 0.255 e. The van der Waals surface area contributed by atoms with Crippen molar-refractivity contribution in [1.82, 2.24) is 5.32 Å². The molecule has 124 valence electrons. The number of rotatable bonds is 5. The highest BCUT2D eigenvalue weighted by molar-refractivity contribution is 6.33. The maximum atomic E-state index is 13.8. The molecule has 3 aromatic rings. The average molecular weight is 348 g/mol. The lowest BCUT2D eigenvalue weighted by atomic mass is 10.2. The fourth-order valence-corrected chi connectivity index (χ4v) is 2.70. The van der Waals surface area contributed by atoms with Crippen LogP contribution in [0.2, 0.25) is 5.02 Å². The molecule has 4 nitrogen and oxygen atoms in total. The topological polar surface area (TPSA) is 51.5 Å². The second-order valence-electron chi connectivity index (χ2n) is 5.22. The molecule has 0 spiro atoms. The van der Waals surface area contributed by atoms with Gasteiger partial charge in [0, 0.05) is 12.5 Å². The van der Waals surface area contributed by atoms with E-state index in [4.69, 9.17) is 20.8 Å². The highest BCUT2D eigenvalue weighted by Crippen LogP contribution is 2.25. The number of halogens is 2. The van der Waals surface area contributed by atoms with Crippen LogP contribution in [0, 0.1) is 5.82 Å². The third-order valence-corrected chi connectivity index (χ3v) is 4.00. The van der Waals surface area contributed by atoms with E-state index in [9.17, 15) is 9.18 Å². The Morgan fingerprint density at radius 2 is 2.08 bits per heavy atom. The Hall–Kier alpha value is -2.37. The van der Waals surface area contributed by atoms with E-state index in [0.717, 1.165) is 11.0 Å². The molecule has 0 saturated heterocycles. The van der Waals surface area contributed by atoms with E-state index in [1.165, 1.54) is 25.3 Å². The standard InChI is InChI=1S/C18H15ClFNO3/c1-23-16(15-9-11-5-2-3-8-14(11)24-15)10-21-18(22)17-12(19)6-4-7-13(17)20/h2-9,16H,10H2,1H3,(H,21,22). The molecule has 0 fully saturated rings. The molecular formula is C18H15ClFNO3. The van der Waals surface area contributed by atoms with E-state index in [1.807, 2.05) is 30.3 Å². The Balaban J connectivity index is 1.75. The smallest absolute Gasteiger partial charge is 0.255 e. The van der Waals surface area contributed by atoms with Crippen molar-refractivity contribution in [1.29, 1.82) is 0 Å². The van der Waals surface area contributed by atoms with Crippen molar-refractivity contribution in [3.8, 4) is 0 Å². The first-order valence-electron chi connectivity index (χ1n) is 7.33. The summed E-state index contributed by atoms with van der Waals surface area (Å²) in [5.41, 5.74) is 0.552. The van der Waals surface area contributed by atoms with Gasteiger partial charge in [-0.2, -0.15) is 0 Å². The zero-order valence-corrected chi connectivity index (χ0v) is 13.6. The minimum atomic E-state index is -0.669. The van der Waals surface area contributed by atoms with Crippen molar-refractivity contribution in [3.63, 3.8) is 0 Å². The molecule has 0 saturated carbocycles. The predicted molar refractivity (Wildman–Crippen MR) is 89.7 cm³/mol. The number of carbonyl (C=O) groups is 1. The van der Waals surface area contributed by atoms with Crippen molar-refractivity contribution in [2.75, 3.05) is 13.7 Å². The van der Waals surface area contributed by atoms with Crippen LogP contribution >= 0.6 is 11.6 Å². The lowest BCUT2D eigenvalue weighted by molar-refractivity contribution is 0.0745. The molecule has 1 atom stereocenters. The van der Waals surface area contributed by atoms with Crippen LogP contribution in [0.1, 0.15) is 22.2 Å². The highest BCUT2D eigenvalue weighted by atomic mass is 35.5. The van der Waals surface area contributed by atoms with E-state index in [0.29, 0.717) is 5.76 Å². The summed E-state index contributed by atoms with van der Waals surface area (Å²) in [6.07, 6.45) is -0.494. The Kier molecular flexibility index (Phi) is 4.83. The zero-order valence-electron chi connectivity index (χ0n) is 12.9. The first-order chi connectivity index (χ1) is 11.6. The molecule has 3 rings (SSSR count). The van der Waals surface area contributed by atoms with Crippen LogP contribution in [-0.4, -0.2) is 19.6 Å². The summed E-state index contributed by atoms with van der Waals surface area (Å²) in [7, 11) is 1.51. The number of ether oxygens (including phenoxy) is 1. The molecule has 6 heteroatoms. The van der Waals surface area contributed by atoms with Crippen molar-refractivity contribution in [2.24, 2.45) is 0 Å². The molecule has 1 heterocycles. The Morgan fingerprint density at radius 1 is 1.29 bits per heavy atom. The lowest BCUT2D eigenvalue weighted by Crippen LogP contribution is -2.29. The van der Waals surface area contributed by atoms with Crippen LogP contribution in [0.4, 0.5) is 4.39 Å². The Morgan fingerprint density at radius 3 is 2.79 bits per heavy atom. The van der Waals surface area contributed by atoms with Gasteiger partial charge < -0.3 is 14.5 Å². The van der Waals surface area contributed by atoms with Gasteiger partial charge in [0.1, 0.15) is 23.3 Å². The van der Waals surface area contributed by atoms with Gasteiger partial charge in [-0.15, -0.1) is 0 Å². The van der Waals surface area contributed by atoms with Crippen LogP contribution in [0.15, 0.2) is 52.9 Å². The van der Waals surface area contributed by atoms with Gasteiger partial charge in [-0.1, -0.05) is 35.9 Å². The van der Waals surface area contributed by atoms with Gasteiger partial charge in [0.05, 0.1) is 17.1 Å². The Labute approximate surface area is 143 Å². The fourth-order valence-electron chi connectivity index (χ4n) is 2.45. The molecule has 2 aromatic carbocycles. The number of para-hydroxylation sites is 1. The molecule has 1 amide bonds. The van der Waals surface area contributed by atoms with Gasteiger partial charge in [-0.25, -0.2) is 4.39 Å². The van der Waals surface area contributed by atoms with Crippen LogP contribution in [0.5, 0.6) is 0 Å². The van der Waals surface area contributed by atoms with Crippen molar-refractivity contribution >= 4 is 28.5 Å². The molecule has 0 radical (unpaired) electrons. The molecule has 0 aliphatic heterocycles. The van der Waals surface area contributed by atoms with Crippen molar-refractivity contribution in [2.45, 2.75) is 6.10 Å². The van der Waals surface area contributed by atoms with E-state index in [2.05, 4.69) is 5.32 Å². The van der Waals surface area contributed by atoms with Crippen LogP contribution < -0.4 is 5.32 Å². The summed E-state index contributed by atoms with van der Waals surface area (Å²) >= 11 is 5.89. The Bertz CT molecular complexity index is 824. The average Bonchev–Trinajstić information content (AvgIpc) is 2.99. The number of amides is 1. The van der Waals surface area contributed by atoms with Gasteiger partial charge >= 0.3 is 0 Å². The van der Waals surface area contributed by atoms with Gasteiger partial charge in [0.2, 0.25) is 0 Å². The third kappa shape index (κ3) is 3.27. The van der Waals surface area contributed by atoms with Gasteiger partial charge in [-0.3, -0.25) is 4.79 Å². The number of methoxy groups -OCH3 is 1. The highest BCUT2D eigenvalue weighted by Gasteiger charge is 2.20. The number of hydrogen-bond donors (Lipinski definition) is 1. The SMILES string of the molecule is COC(CNC(=O)c1c(F)cccc1Cl)c1cc2ccccc2o1. The number of benzene rings is 2. The first kappa shape index (κ1) is 16.5. The molecule has 1 aromatic heterocycles. The number of carbonyl (C=O) groups excluding carboxylic acids is 1. The summed E-state index contributed by atoms with van der Waals surface area (Å²) in [5, 5.41) is 3.63. The number of nitrogens with one attached hydrogen (secondary N) is 1. The monoisotopic (exact) mass is 347 g/mol. The van der Waals surface area contributed by atoms with Crippen LogP contribution in [0.25, 0.3) is 11.0 Å². The first-order valence-corrected chi connectivity index (χ1v) is 7.71. The normalized spacial score (nSPS) is 12.3. The number of furan rings is 1. The predicted octanol–water partition coefficient (Wildman–Crippen LogP) is 4.34. The summed E-state index contributed by atoms with van der Waals surface area (Å²) < 4.78 is 24.9. The van der Waals surface area contributed by atoms with E-state index >= 15 is 0 Å². The minimum absolute atomic E-state index is 0.0604. The second kappa shape index (κ2) is 7.03. The van der Waals surface area contributed by atoms with Crippen LogP contribution in [0.3, 0.4) is 0 Å². The molecule has 1 unspecified atom stereocenters. The number of fused-ring (bicyclic) bond motifs is 1. The van der Waals surface area contributed by atoms with Crippen molar-refractivity contribution in [3.05, 3.63) is 70.7 Å². The lowest BCUT2D eigenvalue weighted by Gasteiger charge is -2.14. The zero-order chi connectivity index (χ0) is 17.1. The second-order valence-corrected chi connectivity index (χ2v) is 5.62. The number of hydrogen-bond acceptors (Lipinski definition) is 3.